The molecule has 7 amide bonds. The minimum Gasteiger partial charge on any atom is -0.550 e. The number of amides is 7. The third kappa shape index (κ3) is 32.3. The lowest BCUT2D eigenvalue weighted by Crippen LogP contribution is -3.11. The number of ether oxygens (including phenoxy) is 16. The van der Waals surface area contributed by atoms with Crippen molar-refractivity contribution in [3.63, 3.8) is 0 Å². The number of carboxylic acids is 1. The molecular weight excluding hydrogens is 1800 g/mol. The van der Waals surface area contributed by atoms with E-state index >= 15 is 0 Å². The largest absolute Gasteiger partial charge is 0.550 e. The van der Waals surface area contributed by atoms with Crippen molar-refractivity contribution in [3.8, 4) is 23.0 Å². The van der Waals surface area contributed by atoms with Gasteiger partial charge in [-0.3, -0.25) is 53.0 Å². The minimum atomic E-state index is -1.36. The standard InChI is InChI=1S/C50H59N3O13.C49H56N2O14.C6H15N.C2H6/c1-51-45(54)21-22-47(56)66-42-33-39(35-65-50(36-9-5-4-6-10-36,37-13-17-40(59-2)18-14-37)38-15-19-41(60-3)20-16-38)53(34-42)46(55)23-25-61-27-29-63-31-32-64-30-28-62-26-24-52-48(57)43-11-7-8-12-44(43)49(52)58;1-58-39-16-12-36(13-17-39)49(35-8-4-3-5-9-35,37-14-18-40(59-2)19-15-37)64-34-38-32-41(65-46(55)21-20-45(53)54)33-51(38)44(52)22-24-60-26-28-62-30-31-63-29-27-61-25-23-50-47(56)42-10-6-7-11-43(42)48(50)57;1-4-7(5-2)6-3;1-2/h4-20,39,42H,21-35H2,1-3H3,(H,51,54);3-19,38,41H,20-34H2,1-2H3,(H,53,54);4-6H2,1-3H3;1-2H3/t39?,42-;38?,41-;;/m11../s1. The summed E-state index contributed by atoms with van der Waals surface area (Å²) in [7, 11) is 7.92. The Morgan fingerprint density at radius 1 is 0.350 bits per heavy atom. The van der Waals surface area contributed by atoms with Crippen LogP contribution in [0, 0.1) is 0 Å². The van der Waals surface area contributed by atoms with Gasteiger partial charge in [-0.15, -0.1) is 0 Å². The van der Waals surface area contributed by atoms with Crippen LogP contribution in [0.15, 0.2) is 206 Å². The van der Waals surface area contributed by atoms with Crippen molar-refractivity contribution in [1.29, 1.82) is 0 Å². The number of rotatable bonds is 57. The van der Waals surface area contributed by atoms with E-state index in [9.17, 15) is 53.1 Å². The number of esters is 2. The molecule has 4 atom stereocenters. The summed E-state index contributed by atoms with van der Waals surface area (Å²) in [5.74, 6) is -1.82. The number of imide groups is 2. The van der Waals surface area contributed by atoms with Crippen molar-refractivity contribution in [2.75, 3.05) is 200 Å². The molecule has 756 valence electrons. The first-order valence-corrected chi connectivity index (χ1v) is 47.9. The van der Waals surface area contributed by atoms with Crippen LogP contribution in [0.5, 0.6) is 23.0 Å². The number of hydrogen-bond acceptors (Lipinski definition) is 27. The summed E-state index contributed by atoms with van der Waals surface area (Å²) >= 11 is 0. The van der Waals surface area contributed by atoms with Crippen molar-refractivity contribution >= 4 is 59.3 Å². The third-order valence-corrected chi connectivity index (χ3v) is 24.0. The average molecular weight is 1940 g/mol. The molecule has 4 aliphatic rings. The predicted octanol–water partition coefficient (Wildman–Crippen LogP) is 9.57. The molecule has 8 aromatic rings. The van der Waals surface area contributed by atoms with E-state index in [2.05, 4.69) is 26.1 Å². The maximum absolute atomic E-state index is 13.9. The summed E-state index contributed by atoms with van der Waals surface area (Å²) in [6.07, 6.45) is -1.51. The molecule has 2 saturated heterocycles. The number of quaternary nitrogens is 1. The number of carboxylic acid groups (broad SMARTS) is 1. The topological polar surface area (TPSA) is 371 Å². The molecule has 0 aromatic heterocycles. The highest BCUT2D eigenvalue weighted by Gasteiger charge is 2.46. The summed E-state index contributed by atoms with van der Waals surface area (Å²) in [5, 5.41) is 13.5. The number of benzene rings is 8. The van der Waals surface area contributed by atoms with Crippen molar-refractivity contribution in [2.45, 2.75) is 121 Å². The van der Waals surface area contributed by atoms with Gasteiger partial charge in [0.15, 0.2) is 0 Å². The fraction of sp³-hybridized carbons (Fsp3) is 0.458. The lowest BCUT2D eigenvalue weighted by molar-refractivity contribution is -0.894. The van der Waals surface area contributed by atoms with E-state index < -0.39 is 59.8 Å². The molecule has 0 bridgehead atoms. The zero-order valence-corrected chi connectivity index (χ0v) is 82.1. The molecule has 4 heterocycles. The van der Waals surface area contributed by atoms with E-state index in [0.29, 0.717) is 105 Å². The monoisotopic (exact) mass is 1940 g/mol. The lowest BCUT2D eigenvalue weighted by Gasteiger charge is -2.38. The Hall–Kier alpha value is -12.4. The Morgan fingerprint density at radius 2 is 0.614 bits per heavy atom. The van der Waals surface area contributed by atoms with Gasteiger partial charge in [-0.25, -0.2) is 0 Å². The van der Waals surface area contributed by atoms with Gasteiger partial charge in [0.05, 0.1) is 253 Å². The van der Waals surface area contributed by atoms with Crippen molar-refractivity contribution in [2.24, 2.45) is 0 Å². The summed E-state index contributed by atoms with van der Waals surface area (Å²) < 4.78 is 92.6. The first-order valence-electron chi connectivity index (χ1n) is 47.9. The number of likely N-dealkylation sites (tertiary alicyclic amines) is 2. The average Bonchev–Trinajstić information content (AvgIpc) is 1.09. The first kappa shape index (κ1) is 111. The fourth-order valence-corrected chi connectivity index (χ4v) is 16.5. The molecule has 2 unspecified atom stereocenters. The van der Waals surface area contributed by atoms with E-state index in [0.717, 1.165) is 33.4 Å². The van der Waals surface area contributed by atoms with Gasteiger partial charge in [-0.1, -0.05) is 147 Å². The fourth-order valence-electron chi connectivity index (χ4n) is 16.5. The van der Waals surface area contributed by atoms with Crippen molar-refractivity contribution < 1.29 is 134 Å². The molecule has 140 heavy (non-hydrogen) atoms. The summed E-state index contributed by atoms with van der Waals surface area (Å²) in [5.41, 5.74) is 4.31. The van der Waals surface area contributed by atoms with Crippen LogP contribution in [0.1, 0.15) is 161 Å². The van der Waals surface area contributed by atoms with Gasteiger partial charge in [0.2, 0.25) is 17.7 Å². The van der Waals surface area contributed by atoms with Crippen LogP contribution in [-0.4, -0.2) is 303 Å². The number of carbonyl (C=O) groups excluding carboxylic acids is 10. The zero-order valence-electron chi connectivity index (χ0n) is 82.1. The Kier molecular flexibility index (Phi) is 47.6. The smallest absolute Gasteiger partial charge is 0.306 e. The van der Waals surface area contributed by atoms with Crippen LogP contribution in [0.4, 0.5) is 0 Å². The second-order valence-corrected chi connectivity index (χ2v) is 32.6. The summed E-state index contributed by atoms with van der Waals surface area (Å²) in [6.45, 7) is 19.4. The van der Waals surface area contributed by atoms with Crippen LogP contribution in [0.25, 0.3) is 0 Å². The quantitative estimate of drug-likeness (QED) is 0.0155. The predicted molar refractivity (Wildman–Crippen MR) is 517 cm³/mol. The number of fused-ring (bicyclic) bond motifs is 2. The number of carbonyl (C=O) groups is 10. The normalized spacial score (nSPS) is 15.3. The third-order valence-electron chi connectivity index (χ3n) is 24.0. The molecule has 0 spiro atoms. The van der Waals surface area contributed by atoms with Gasteiger partial charge >= 0.3 is 11.9 Å². The van der Waals surface area contributed by atoms with E-state index in [-0.39, 0.29) is 172 Å². The van der Waals surface area contributed by atoms with Crippen LogP contribution in [-0.2, 0) is 96.8 Å². The van der Waals surface area contributed by atoms with E-state index in [1.165, 1.54) is 36.5 Å². The Morgan fingerprint density at radius 3 is 0.879 bits per heavy atom. The molecule has 12 rings (SSSR count). The molecule has 8 aromatic carbocycles. The van der Waals surface area contributed by atoms with Crippen LogP contribution >= 0.6 is 0 Å². The van der Waals surface area contributed by atoms with E-state index in [4.69, 9.17) is 75.8 Å². The van der Waals surface area contributed by atoms with Crippen molar-refractivity contribution in [3.05, 3.63) is 262 Å². The Labute approximate surface area is 820 Å². The number of nitrogens with one attached hydrogen (secondary N) is 2. The van der Waals surface area contributed by atoms with Gasteiger partial charge in [-0.2, -0.15) is 0 Å². The number of aliphatic carboxylic acids is 1. The lowest BCUT2D eigenvalue weighted by atomic mass is 9.80. The molecule has 4 aliphatic heterocycles. The van der Waals surface area contributed by atoms with Crippen LogP contribution in [0.2, 0.25) is 0 Å². The first-order chi connectivity index (χ1) is 68.2. The highest BCUT2D eigenvalue weighted by molar-refractivity contribution is 6.22. The molecule has 33 nitrogen and oxygen atoms in total. The van der Waals surface area contributed by atoms with Crippen LogP contribution < -0.4 is 34.3 Å². The van der Waals surface area contributed by atoms with Gasteiger partial charge in [-0.05, 0) is 133 Å². The highest BCUT2D eigenvalue weighted by Crippen LogP contribution is 2.45. The maximum atomic E-state index is 13.9. The maximum Gasteiger partial charge on any atom is 0.306 e. The van der Waals surface area contributed by atoms with Crippen LogP contribution in [0.3, 0.4) is 0 Å². The summed E-state index contributed by atoms with van der Waals surface area (Å²) in [6, 6.07) is 62.6. The zero-order chi connectivity index (χ0) is 100. The summed E-state index contributed by atoms with van der Waals surface area (Å²) in [4.78, 5) is 133. The highest BCUT2D eigenvalue weighted by atomic mass is 16.6. The van der Waals surface area contributed by atoms with Crippen molar-refractivity contribution in [1.82, 2.24) is 24.9 Å². The molecule has 33 heteroatoms. The number of hydrogen-bond donors (Lipinski definition) is 2. The van der Waals surface area contributed by atoms with Gasteiger partial charge in [0, 0.05) is 32.3 Å². The molecular formula is C107H136N6O27. The molecule has 0 aliphatic carbocycles. The Balaban J connectivity index is 0.000000288. The number of nitrogens with zero attached hydrogens (tertiary/aromatic N) is 4. The molecule has 0 radical (unpaired) electrons. The van der Waals surface area contributed by atoms with Gasteiger partial charge in [0.1, 0.15) is 46.4 Å². The SMILES string of the molecule is CC.CC[NH+](CC)CC.CNC(=O)CCC(=O)O[C@@H]1CC(COC(c2ccccc2)(c2ccc(OC)cc2)c2ccc(OC)cc2)N(C(=O)CCOCCOCCOCCOCCN2C(=O)c3ccccc3C2=O)C1.COc1ccc(C(OCC2C[C@@H](OC(=O)CCC(=O)[O-])CN2C(=O)CCOCCOCCOCCOCCN2C(=O)c3ccccc3C2=O)(c2ccccc2)c2ccc(OC)cc2)cc1. The Bertz CT molecular complexity index is 4960. The molecule has 0 saturated carbocycles. The number of methoxy groups -OCH3 is 4. The second kappa shape index (κ2) is 59.9. The van der Waals surface area contributed by atoms with Gasteiger partial charge < -0.3 is 106 Å². The van der Waals surface area contributed by atoms with E-state index in [1.54, 1.807) is 91.7 Å². The minimum absolute atomic E-state index is 0.00505. The van der Waals surface area contributed by atoms with Gasteiger partial charge in [0.25, 0.3) is 23.6 Å². The molecule has 2 N–H and O–H groups in total. The second-order valence-electron chi connectivity index (χ2n) is 32.6. The molecule has 2 fully saturated rings. The van der Waals surface area contributed by atoms with E-state index in [1.807, 2.05) is 172 Å².